The summed E-state index contributed by atoms with van der Waals surface area (Å²) in [6.07, 6.45) is 6.27. The summed E-state index contributed by atoms with van der Waals surface area (Å²) < 4.78 is 0. The molecule has 0 aromatic heterocycles. The van der Waals surface area contributed by atoms with Crippen LogP contribution in [0.15, 0.2) is 30.3 Å². The number of hydrogen-bond acceptors (Lipinski definition) is 3. The minimum absolute atomic E-state index is 0.142. The summed E-state index contributed by atoms with van der Waals surface area (Å²) in [4.78, 5) is 15.0. The van der Waals surface area contributed by atoms with Crippen molar-refractivity contribution in [3.63, 3.8) is 0 Å². The molecule has 0 bridgehead atoms. The van der Waals surface area contributed by atoms with Crippen molar-refractivity contribution in [1.82, 2.24) is 10.2 Å². The Morgan fingerprint density at radius 1 is 1.13 bits per heavy atom. The van der Waals surface area contributed by atoms with Gasteiger partial charge in [0.05, 0.1) is 5.92 Å². The van der Waals surface area contributed by atoms with Crippen molar-refractivity contribution < 1.29 is 4.79 Å². The second kappa shape index (κ2) is 7.93. The SMILES string of the molecule is NC1CCC(NC(=O)C2CCCN(Cc3ccccc3)C2)CC1. The molecule has 3 N–H and O–H groups in total. The van der Waals surface area contributed by atoms with E-state index in [2.05, 4.69) is 34.5 Å². The summed E-state index contributed by atoms with van der Waals surface area (Å²) >= 11 is 0. The highest BCUT2D eigenvalue weighted by Gasteiger charge is 2.28. The Kier molecular flexibility index (Phi) is 5.68. The molecular formula is C19H29N3O. The van der Waals surface area contributed by atoms with Gasteiger partial charge in [0.2, 0.25) is 5.91 Å². The van der Waals surface area contributed by atoms with E-state index in [1.807, 2.05) is 6.07 Å². The first-order valence-corrected chi connectivity index (χ1v) is 9.03. The summed E-state index contributed by atoms with van der Waals surface area (Å²) in [7, 11) is 0. The van der Waals surface area contributed by atoms with E-state index < -0.39 is 0 Å². The molecule has 1 aliphatic heterocycles. The highest BCUT2D eigenvalue weighted by Crippen LogP contribution is 2.21. The minimum Gasteiger partial charge on any atom is -0.353 e. The van der Waals surface area contributed by atoms with Crippen molar-refractivity contribution in [2.75, 3.05) is 13.1 Å². The molecule has 1 saturated carbocycles. The lowest BCUT2D eigenvalue weighted by molar-refractivity contribution is -0.127. The maximum Gasteiger partial charge on any atom is 0.224 e. The molecule has 23 heavy (non-hydrogen) atoms. The van der Waals surface area contributed by atoms with Crippen molar-refractivity contribution in [1.29, 1.82) is 0 Å². The molecule has 1 unspecified atom stereocenters. The molecule has 0 radical (unpaired) electrons. The molecule has 126 valence electrons. The van der Waals surface area contributed by atoms with E-state index in [0.29, 0.717) is 12.1 Å². The fraction of sp³-hybridized carbons (Fsp3) is 0.632. The van der Waals surface area contributed by atoms with Crippen LogP contribution in [-0.2, 0) is 11.3 Å². The minimum atomic E-state index is 0.142. The van der Waals surface area contributed by atoms with Gasteiger partial charge in [-0.3, -0.25) is 9.69 Å². The highest BCUT2D eigenvalue weighted by atomic mass is 16.2. The van der Waals surface area contributed by atoms with Crippen LogP contribution in [0, 0.1) is 5.92 Å². The van der Waals surface area contributed by atoms with Crippen molar-refractivity contribution in [2.45, 2.75) is 57.2 Å². The summed E-state index contributed by atoms with van der Waals surface area (Å²) in [6.45, 7) is 2.92. The number of nitrogens with two attached hydrogens (primary N) is 1. The molecule has 0 spiro atoms. The first kappa shape index (κ1) is 16.5. The van der Waals surface area contributed by atoms with Gasteiger partial charge in [-0.1, -0.05) is 30.3 Å². The standard InChI is InChI=1S/C19H29N3O/c20-17-8-10-18(11-9-17)21-19(23)16-7-4-12-22(14-16)13-15-5-2-1-3-6-15/h1-3,5-6,16-18H,4,7-14,20H2,(H,21,23). The Bertz CT molecular complexity index is 497. The molecular weight excluding hydrogens is 286 g/mol. The van der Waals surface area contributed by atoms with Gasteiger partial charge in [-0.05, 0) is 50.6 Å². The van der Waals surface area contributed by atoms with Crippen LogP contribution < -0.4 is 11.1 Å². The third-order valence-electron chi connectivity index (χ3n) is 5.24. The second-order valence-electron chi connectivity index (χ2n) is 7.18. The van der Waals surface area contributed by atoms with Crippen LogP contribution in [0.1, 0.15) is 44.1 Å². The molecule has 4 heteroatoms. The smallest absolute Gasteiger partial charge is 0.224 e. The number of hydrogen-bond donors (Lipinski definition) is 2. The number of carbonyl (C=O) groups is 1. The molecule has 2 fully saturated rings. The summed E-state index contributed by atoms with van der Waals surface area (Å²) in [5, 5.41) is 3.27. The zero-order chi connectivity index (χ0) is 16.1. The van der Waals surface area contributed by atoms with Gasteiger partial charge in [0, 0.05) is 25.2 Å². The van der Waals surface area contributed by atoms with Gasteiger partial charge in [0.1, 0.15) is 0 Å². The Morgan fingerprint density at radius 2 is 1.87 bits per heavy atom. The number of amides is 1. The fourth-order valence-electron chi connectivity index (χ4n) is 3.84. The van der Waals surface area contributed by atoms with Gasteiger partial charge in [0.25, 0.3) is 0 Å². The van der Waals surface area contributed by atoms with Crippen molar-refractivity contribution in [3.05, 3.63) is 35.9 Å². The first-order chi connectivity index (χ1) is 11.2. The molecule has 2 aliphatic rings. The third-order valence-corrected chi connectivity index (χ3v) is 5.24. The number of benzene rings is 1. The van der Waals surface area contributed by atoms with Gasteiger partial charge in [0.15, 0.2) is 0 Å². The summed E-state index contributed by atoms with van der Waals surface area (Å²) in [5.41, 5.74) is 7.27. The number of likely N-dealkylation sites (tertiary alicyclic amines) is 1. The molecule has 1 heterocycles. The van der Waals surface area contributed by atoms with Gasteiger partial charge >= 0.3 is 0 Å². The third kappa shape index (κ3) is 4.79. The molecule has 1 aromatic carbocycles. The van der Waals surface area contributed by atoms with Crippen LogP contribution in [0.3, 0.4) is 0 Å². The summed E-state index contributed by atoms with van der Waals surface area (Å²) in [6, 6.07) is 11.2. The van der Waals surface area contributed by atoms with E-state index in [1.54, 1.807) is 0 Å². The largest absolute Gasteiger partial charge is 0.353 e. The fourth-order valence-corrected chi connectivity index (χ4v) is 3.84. The molecule has 1 saturated heterocycles. The van der Waals surface area contributed by atoms with Crippen LogP contribution in [-0.4, -0.2) is 36.0 Å². The predicted octanol–water partition coefficient (Wildman–Crippen LogP) is 2.28. The number of piperidine rings is 1. The topological polar surface area (TPSA) is 58.4 Å². The van der Waals surface area contributed by atoms with Gasteiger partial charge < -0.3 is 11.1 Å². The number of rotatable bonds is 4. The molecule has 1 aliphatic carbocycles. The highest BCUT2D eigenvalue weighted by molar-refractivity contribution is 5.79. The Balaban J connectivity index is 1.48. The van der Waals surface area contributed by atoms with Gasteiger partial charge in [-0.15, -0.1) is 0 Å². The van der Waals surface area contributed by atoms with Crippen LogP contribution >= 0.6 is 0 Å². The molecule has 1 atom stereocenters. The van der Waals surface area contributed by atoms with Crippen LogP contribution in [0.4, 0.5) is 0 Å². The van der Waals surface area contributed by atoms with Crippen molar-refractivity contribution in [2.24, 2.45) is 11.7 Å². The van der Waals surface area contributed by atoms with Crippen molar-refractivity contribution in [3.8, 4) is 0 Å². The Labute approximate surface area is 139 Å². The molecule has 1 amide bonds. The van der Waals surface area contributed by atoms with E-state index in [9.17, 15) is 4.79 Å². The molecule has 4 nitrogen and oxygen atoms in total. The zero-order valence-electron chi connectivity index (χ0n) is 13.9. The van der Waals surface area contributed by atoms with E-state index in [4.69, 9.17) is 5.73 Å². The van der Waals surface area contributed by atoms with E-state index in [-0.39, 0.29) is 11.8 Å². The van der Waals surface area contributed by atoms with Gasteiger partial charge in [-0.25, -0.2) is 0 Å². The Morgan fingerprint density at radius 3 is 2.61 bits per heavy atom. The maximum atomic E-state index is 12.6. The monoisotopic (exact) mass is 315 g/mol. The molecule has 1 aromatic rings. The second-order valence-corrected chi connectivity index (χ2v) is 7.18. The average Bonchev–Trinajstić information content (AvgIpc) is 2.58. The lowest BCUT2D eigenvalue weighted by atomic mass is 9.90. The zero-order valence-corrected chi connectivity index (χ0v) is 13.9. The Hall–Kier alpha value is -1.39. The van der Waals surface area contributed by atoms with E-state index >= 15 is 0 Å². The van der Waals surface area contributed by atoms with Crippen LogP contribution in [0.2, 0.25) is 0 Å². The number of nitrogens with zero attached hydrogens (tertiary/aromatic N) is 1. The number of carbonyl (C=O) groups excluding carboxylic acids is 1. The average molecular weight is 315 g/mol. The quantitative estimate of drug-likeness (QED) is 0.896. The van der Waals surface area contributed by atoms with Crippen LogP contribution in [0.5, 0.6) is 0 Å². The van der Waals surface area contributed by atoms with E-state index in [1.165, 1.54) is 5.56 Å². The lowest BCUT2D eigenvalue weighted by Gasteiger charge is -2.34. The maximum absolute atomic E-state index is 12.6. The lowest BCUT2D eigenvalue weighted by Crippen LogP contribution is -2.47. The van der Waals surface area contributed by atoms with E-state index in [0.717, 1.165) is 58.2 Å². The normalized spacial score (nSPS) is 29.2. The van der Waals surface area contributed by atoms with Crippen LogP contribution in [0.25, 0.3) is 0 Å². The van der Waals surface area contributed by atoms with Crippen molar-refractivity contribution >= 4 is 5.91 Å². The first-order valence-electron chi connectivity index (χ1n) is 9.03. The molecule has 3 rings (SSSR count). The number of nitrogens with one attached hydrogen (secondary N) is 1. The predicted molar refractivity (Wildman–Crippen MR) is 92.8 cm³/mol. The summed E-state index contributed by atoms with van der Waals surface area (Å²) in [5.74, 6) is 0.395. The van der Waals surface area contributed by atoms with Gasteiger partial charge in [-0.2, -0.15) is 0 Å².